The fourth-order valence-electron chi connectivity index (χ4n) is 0.629. The van der Waals surface area contributed by atoms with Gasteiger partial charge in [-0.25, -0.2) is 0 Å². The van der Waals surface area contributed by atoms with Crippen LogP contribution in [0.2, 0.25) is 0 Å². The predicted molar refractivity (Wildman–Crippen MR) is 48.1 cm³/mol. The molecule has 0 aliphatic heterocycles. The Bertz CT molecular complexity index is 104. The van der Waals surface area contributed by atoms with Gasteiger partial charge in [-0.05, 0) is 17.8 Å². The molecule has 0 nitrogen and oxygen atoms in total. The number of hydrogen-bond acceptors (Lipinski definition) is 0. The third-order valence-electron chi connectivity index (χ3n) is 2.03. The van der Waals surface area contributed by atoms with E-state index in [-0.39, 0.29) is 0 Å². The maximum absolute atomic E-state index is 2.31. The molecule has 0 aromatic rings. The summed E-state index contributed by atoms with van der Waals surface area (Å²) in [6, 6.07) is 0. The van der Waals surface area contributed by atoms with Crippen LogP contribution in [0.15, 0.2) is 12.2 Å². The Balaban J connectivity index is 3.84. The molecule has 0 heterocycles. The molecule has 0 rings (SSSR count). The van der Waals surface area contributed by atoms with Gasteiger partial charge >= 0.3 is 0 Å². The summed E-state index contributed by atoms with van der Waals surface area (Å²) >= 11 is 0. The number of rotatable bonds is 2. The van der Waals surface area contributed by atoms with E-state index in [2.05, 4.69) is 46.8 Å². The zero-order valence-electron chi connectivity index (χ0n) is 7.94. The van der Waals surface area contributed by atoms with Crippen LogP contribution in [-0.4, -0.2) is 0 Å². The highest BCUT2D eigenvalue weighted by Crippen LogP contribution is 2.26. The first kappa shape index (κ1) is 9.74. The Morgan fingerprint density at radius 1 is 1.30 bits per heavy atom. The van der Waals surface area contributed by atoms with Crippen LogP contribution in [0.3, 0.4) is 0 Å². The van der Waals surface area contributed by atoms with Gasteiger partial charge in [0.1, 0.15) is 0 Å². The standard InChI is InChI=1S/C10H20/c1-6-7-8-9(2)10(3,4)5/h7-9H,6H2,1-5H3/b8-7-. The van der Waals surface area contributed by atoms with Gasteiger partial charge in [0.05, 0.1) is 0 Å². The highest BCUT2D eigenvalue weighted by Gasteiger charge is 2.16. The van der Waals surface area contributed by atoms with Gasteiger partial charge in [-0.1, -0.05) is 46.8 Å². The van der Waals surface area contributed by atoms with Crippen molar-refractivity contribution in [1.29, 1.82) is 0 Å². The average Bonchev–Trinajstić information content (AvgIpc) is 1.80. The zero-order valence-corrected chi connectivity index (χ0v) is 7.94. The predicted octanol–water partition coefficient (Wildman–Crippen LogP) is 3.63. The lowest BCUT2D eigenvalue weighted by molar-refractivity contribution is 0.314. The van der Waals surface area contributed by atoms with Crippen molar-refractivity contribution in [1.82, 2.24) is 0 Å². The van der Waals surface area contributed by atoms with Crippen molar-refractivity contribution >= 4 is 0 Å². The summed E-state index contributed by atoms with van der Waals surface area (Å²) in [5.74, 6) is 0.687. The summed E-state index contributed by atoms with van der Waals surface area (Å²) in [5, 5.41) is 0. The van der Waals surface area contributed by atoms with Crippen molar-refractivity contribution in [2.45, 2.75) is 41.0 Å². The van der Waals surface area contributed by atoms with Gasteiger partial charge in [-0.3, -0.25) is 0 Å². The Morgan fingerprint density at radius 3 is 2.10 bits per heavy atom. The SMILES string of the molecule is CC/C=C\C(C)C(C)(C)C. The average molecular weight is 140 g/mol. The molecule has 10 heavy (non-hydrogen) atoms. The van der Waals surface area contributed by atoms with Crippen molar-refractivity contribution in [3.05, 3.63) is 12.2 Å². The molecule has 0 spiro atoms. The lowest BCUT2D eigenvalue weighted by Gasteiger charge is -2.24. The van der Waals surface area contributed by atoms with E-state index in [1.807, 2.05) is 0 Å². The smallest absolute Gasteiger partial charge is 0.0213 e. The summed E-state index contributed by atoms with van der Waals surface area (Å²) < 4.78 is 0. The largest absolute Gasteiger partial charge is 0.0885 e. The maximum atomic E-state index is 2.31. The summed E-state index contributed by atoms with van der Waals surface area (Å²) in [5.41, 5.74) is 0.422. The van der Waals surface area contributed by atoms with Gasteiger partial charge in [-0.15, -0.1) is 0 Å². The van der Waals surface area contributed by atoms with Gasteiger partial charge in [0.15, 0.2) is 0 Å². The molecule has 0 saturated heterocycles. The molecule has 0 radical (unpaired) electrons. The lowest BCUT2D eigenvalue weighted by atomic mass is 9.82. The second kappa shape index (κ2) is 3.80. The van der Waals surface area contributed by atoms with E-state index >= 15 is 0 Å². The van der Waals surface area contributed by atoms with E-state index in [9.17, 15) is 0 Å². The van der Waals surface area contributed by atoms with E-state index < -0.39 is 0 Å². The Hall–Kier alpha value is -0.260. The van der Waals surface area contributed by atoms with Crippen molar-refractivity contribution < 1.29 is 0 Å². The van der Waals surface area contributed by atoms with Crippen LogP contribution in [0, 0.1) is 11.3 Å². The molecule has 0 fully saturated rings. The minimum absolute atomic E-state index is 0.422. The Labute approximate surface area is 65.3 Å². The van der Waals surface area contributed by atoms with Gasteiger partial charge < -0.3 is 0 Å². The van der Waals surface area contributed by atoms with Crippen LogP contribution in [0.4, 0.5) is 0 Å². The fraction of sp³-hybridized carbons (Fsp3) is 0.800. The van der Waals surface area contributed by atoms with E-state index in [0.29, 0.717) is 11.3 Å². The van der Waals surface area contributed by atoms with Gasteiger partial charge in [0, 0.05) is 0 Å². The van der Waals surface area contributed by atoms with Crippen LogP contribution in [0.1, 0.15) is 41.0 Å². The molecule has 0 aromatic heterocycles. The second-order valence-corrected chi connectivity index (χ2v) is 3.99. The van der Waals surface area contributed by atoms with Crippen LogP contribution in [0.5, 0.6) is 0 Å². The van der Waals surface area contributed by atoms with Crippen LogP contribution in [0.25, 0.3) is 0 Å². The molecule has 0 aromatic carbocycles. The minimum Gasteiger partial charge on any atom is -0.0885 e. The molecular formula is C10H20. The van der Waals surface area contributed by atoms with E-state index in [4.69, 9.17) is 0 Å². The molecule has 0 aliphatic carbocycles. The van der Waals surface area contributed by atoms with E-state index in [1.54, 1.807) is 0 Å². The zero-order chi connectivity index (χ0) is 8.20. The second-order valence-electron chi connectivity index (χ2n) is 3.99. The third kappa shape index (κ3) is 3.71. The molecule has 0 amide bonds. The number of hydrogen-bond donors (Lipinski definition) is 0. The highest BCUT2D eigenvalue weighted by atomic mass is 14.2. The molecule has 60 valence electrons. The minimum atomic E-state index is 0.422. The molecule has 0 saturated carbocycles. The molecule has 0 N–H and O–H groups in total. The van der Waals surface area contributed by atoms with Crippen molar-refractivity contribution in [2.75, 3.05) is 0 Å². The van der Waals surface area contributed by atoms with Gasteiger partial charge in [-0.2, -0.15) is 0 Å². The first-order valence-electron chi connectivity index (χ1n) is 4.15. The first-order valence-corrected chi connectivity index (χ1v) is 4.15. The fourth-order valence-corrected chi connectivity index (χ4v) is 0.629. The van der Waals surface area contributed by atoms with Gasteiger partial charge in [0.25, 0.3) is 0 Å². The summed E-state index contributed by atoms with van der Waals surface area (Å²) in [6.45, 7) is 11.3. The van der Waals surface area contributed by atoms with E-state index in [0.717, 1.165) is 6.42 Å². The normalized spacial score (nSPS) is 16.1. The molecule has 0 bridgehead atoms. The Morgan fingerprint density at radius 2 is 1.80 bits per heavy atom. The molecule has 0 aliphatic rings. The highest BCUT2D eigenvalue weighted by molar-refractivity contribution is 4.90. The molecular weight excluding hydrogens is 120 g/mol. The van der Waals surface area contributed by atoms with Crippen LogP contribution < -0.4 is 0 Å². The first-order chi connectivity index (χ1) is 4.48. The van der Waals surface area contributed by atoms with E-state index in [1.165, 1.54) is 0 Å². The maximum Gasteiger partial charge on any atom is -0.0213 e. The topological polar surface area (TPSA) is 0 Å². The lowest BCUT2D eigenvalue weighted by Crippen LogP contribution is -2.14. The van der Waals surface area contributed by atoms with Crippen molar-refractivity contribution in [3.8, 4) is 0 Å². The quantitative estimate of drug-likeness (QED) is 0.514. The van der Waals surface area contributed by atoms with Crippen LogP contribution in [-0.2, 0) is 0 Å². The molecule has 1 atom stereocenters. The third-order valence-corrected chi connectivity index (χ3v) is 2.03. The molecule has 0 heteroatoms. The summed E-state index contributed by atoms with van der Waals surface area (Å²) in [4.78, 5) is 0. The number of allylic oxidation sites excluding steroid dienone is 2. The summed E-state index contributed by atoms with van der Waals surface area (Å²) in [7, 11) is 0. The summed E-state index contributed by atoms with van der Waals surface area (Å²) in [6.07, 6.45) is 5.70. The van der Waals surface area contributed by atoms with Gasteiger partial charge in [0.2, 0.25) is 0 Å². The monoisotopic (exact) mass is 140 g/mol. The van der Waals surface area contributed by atoms with Crippen molar-refractivity contribution in [2.24, 2.45) is 11.3 Å². The molecule has 1 unspecified atom stereocenters. The van der Waals surface area contributed by atoms with Crippen LogP contribution >= 0.6 is 0 Å². The van der Waals surface area contributed by atoms with Crippen molar-refractivity contribution in [3.63, 3.8) is 0 Å². The Kier molecular flexibility index (Phi) is 3.70.